The monoisotopic (exact) mass is 311 g/mol. The maximum absolute atomic E-state index is 4.79. The zero-order valence-electron chi connectivity index (χ0n) is 14.2. The maximum atomic E-state index is 4.79. The molecule has 0 spiro atoms. The smallest absolute Gasteiger partial charge is 0.247 e. The van der Waals surface area contributed by atoms with Gasteiger partial charge in [-0.05, 0) is 50.3 Å². The number of anilines is 3. The van der Waals surface area contributed by atoms with Crippen LogP contribution < -0.4 is 9.80 Å². The number of rotatable bonds is 4. The lowest BCUT2D eigenvalue weighted by Crippen LogP contribution is -2.36. The molecule has 2 aromatic rings. The lowest BCUT2D eigenvalue weighted by Gasteiger charge is -2.31. The van der Waals surface area contributed by atoms with E-state index in [1.54, 1.807) is 6.20 Å². The van der Waals surface area contributed by atoms with Crippen LogP contribution in [-0.2, 0) is 0 Å². The largest absolute Gasteiger partial charge is 0.339 e. The molecule has 5 nitrogen and oxygen atoms in total. The van der Waals surface area contributed by atoms with Crippen LogP contribution in [0.4, 0.5) is 17.5 Å². The second kappa shape index (κ2) is 6.94. The average molecular weight is 311 g/mol. The third-order valence-corrected chi connectivity index (χ3v) is 4.38. The van der Waals surface area contributed by atoms with Crippen molar-refractivity contribution >= 4 is 17.5 Å². The summed E-state index contributed by atoms with van der Waals surface area (Å²) in [7, 11) is 0. The van der Waals surface area contributed by atoms with E-state index in [4.69, 9.17) is 4.98 Å². The van der Waals surface area contributed by atoms with Crippen LogP contribution in [0.3, 0.4) is 0 Å². The molecule has 1 saturated heterocycles. The summed E-state index contributed by atoms with van der Waals surface area (Å²) in [5.41, 5.74) is 2.39. The molecule has 0 radical (unpaired) electrons. The maximum Gasteiger partial charge on any atom is 0.247 e. The van der Waals surface area contributed by atoms with Crippen molar-refractivity contribution in [3.05, 3.63) is 36.0 Å². The highest BCUT2D eigenvalue weighted by atomic mass is 15.4. The Morgan fingerprint density at radius 1 is 1.35 bits per heavy atom. The summed E-state index contributed by atoms with van der Waals surface area (Å²) >= 11 is 0. The van der Waals surface area contributed by atoms with E-state index in [1.165, 1.54) is 18.4 Å². The molecule has 1 aliphatic heterocycles. The topological polar surface area (TPSA) is 45.2 Å². The molecule has 0 aliphatic carbocycles. The van der Waals surface area contributed by atoms with Crippen molar-refractivity contribution in [1.82, 2.24) is 15.2 Å². The highest BCUT2D eigenvalue weighted by molar-refractivity contribution is 5.60. The van der Waals surface area contributed by atoms with Crippen LogP contribution in [0.15, 0.2) is 30.5 Å². The van der Waals surface area contributed by atoms with Gasteiger partial charge >= 0.3 is 0 Å². The van der Waals surface area contributed by atoms with Gasteiger partial charge in [-0.3, -0.25) is 0 Å². The third kappa shape index (κ3) is 3.60. The van der Waals surface area contributed by atoms with E-state index >= 15 is 0 Å². The lowest BCUT2D eigenvalue weighted by atomic mass is 10.0. The zero-order chi connectivity index (χ0) is 16.2. The van der Waals surface area contributed by atoms with Gasteiger partial charge in [-0.25, -0.2) is 0 Å². The van der Waals surface area contributed by atoms with Gasteiger partial charge in [0.05, 0.1) is 6.20 Å². The normalized spacial score (nSPS) is 18.0. The van der Waals surface area contributed by atoms with Crippen molar-refractivity contribution in [3.8, 4) is 0 Å². The van der Waals surface area contributed by atoms with Crippen LogP contribution in [0.1, 0.15) is 32.3 Å². The van der Waals surface area contributed by atoms with Gasteiger partial charge in [-0.1, -0.05) is 19.1 Å². The van der Waals surface area contributed by atoms with E-state index in [0.717, 1.165) is 37.1 Å². The van der Waals surface area contributed by atoms with E-state index < -0.39 is 0 Å². The molecular formula is C18H25N5. The van der Waals surface area contributed by atoms with Gasteiger partial charge in [0.25, 0.3) is 0 Å². The predicted octanol–water partition coefficient (Wildman–Crippen LogP) is 3.57. The Bertz CT molecular complexity index is 657. The number of aromatic nitrogens is 3. The summed E-state index contributed by atoms with van der Waals surface area (Å²) in [6.07, 6.45) is 4.24. The Balaban J connectivity index is 1.88. The molecule has 1 aliphatic rings. The highest BCUT2D eigenvalue weighted by Crippen LogP contribution is 2.26. The van der Waals surface area contributed by atoms with Gasteiger partial charge < -0.3 is 9.80 Å². The first-order chi connectivity index (χ1) is 11.2. The van der Waals surface area contributed by atoms with Crippen LogP contribution in [0.2, 0.25) is 0 Å². The second-order valence-corrected chi connectivity index (χ2v) is 6.39. The summed E-state index contributed by atoms with van der Waals surface area (Å²) in [4.78, 5) is 9.22. The first-order valence-corrected chi connectivity index (χ1v) is 8.46. The summed E-state index contributed by atoms with van der Waals surface area (Å²) in [6.45, 7) is 9.41. The molecule has 0 saturated carbocycles. The molecule has 5 heteroatoms. The summed E-state index contributed by atoms with van der Waals surface area (Å²) in [5, 5.41) is 8.47. The Hall–Kier alpha value is -2.17. The molecule has 0 N–H and O–H groups in total. The number of piperidine rings is 1. The summed E-state index contributed by atoms with van der Waals surface area (Å²) < 4.78 is 0. The predicted molar refractivity (Wildman–Crippen MR) is 94.3 cm³/mol. The van der Waals surface area contributed by atoms with E-state index in [2.05, 4.69) is 65.0 Å². The van der Waals surface area contributed by atoms with Gasteiger partial charge in [0.1, 0.15) is 0 Å². The Morgan fingerprint density at radius 2 is 2.22 bits per heavy atom. The van der Waals surface area contributed by atoms with Gasteiger partial charge in [-0.15, -0.1) is 5.10 Å². The molecule has 1 unspecified atom stereocenters. The Labute approximate surface area is 138 Å². The third-order valence-electron chi connectivity index (χ3n) is 4.38. The lowest BCUT2D eigenvalue weighted by molar-refractivity contribution is 0.441. The van der Waals surface area contributed by atoms with Crippen LogP contribution in [0, 0.1) is 12.8 Å². The van der Waals surface area contributed by atoms with Crippen LogP contribution in [0.25, 0.3) is 0 Å². The van der Waals surface area contributed by atoms with Crippen molar-refractivity contribution in [3.63, 3.8) is 0 Å². The minimum Gasteiger partial charge on any atom is -0.339 e. The summed E-state index contributed by atoms with van der Waals surface area (Å²) in [5.74, 6) is 2.30. The molecule has 0 amide bonds. The molecule has 23 heavy (non-hydrogen) atoms. The number of hydrogen-bond donors (Lipinski definition) is 0. The molecular weight excluding hydrogens is 286 g/mol. The number of nitrogens with zero attached hydrogens (tertiary/aromatic N) is 5. The van der Waals surface area contributed by atoms with Gasteiger partial charge in [0, 0.05) is 25.3 Å². The minimum atomic E-state index is 0.690. The molecule has 122 valence electrons. The van der Waals surface area contributed by atoms with Crippen LogP contribution in [-0.4, -0.2) is 34.8 Å². The molecule has 0 bridgehead atoms. The van der Waals surface area contributed by atoms with Crippen molar-refractivity contribution in [2.75, 3.05) is 29.4 Å². The van der Waals surface area contributed by atoms with Gasteiger partial charge in [0.2, 0.25) is 5.95 Å². The van der Waals surface area contributed by atoms with Gasteiger partial charge in [0.15, 0.2) is 5.82 Å². The fraction of sp³-hybridized carbons (Fsp3) is 0.500. The highest BCUT2D eigenvalue weighted by Gasteiger charge is 2.20. The quantitative estimate of drug-likeness (QED) is 0.863. The first-order valence-electron chi connectivity index (χ1n) is 8.46. The number of benzene rings is 1. The van der Waals surface area contributed by atoms with Crippen molar-refractivity contribution in [2.24, 2.45) is 5.92 Å². The van der Waals surface area contributed by atoms with E-state index in [1.807, 2.05) is 0 Å². The number of aryl methyl sites for hydroxylation is 1. The summed E-state index contributed by atoms with van der Waals surface area (Å²) in [6, 6.07) is 8.47. The molecule has 1 aromatic heterocycles. The Kier molecular flexibility index (Phi) is 4.74. The SMILES string of the molecule is CCN(c1cccc(C)c1)c1cnnc(N2CCCC(C)C2)n1. The van der Waals surface area contributed by atoms with E-state index in [9.17, 15) is 0 Å². The molecule has 1 atom stereocenters. The molecule has 3 rings (SSSR count). The standard InChI is InChI=1S/C18H25N5/c1-4-23(16-9-5-7-14(2)11-16)17-12-19-21-18(20-17)22-10-6-8-15(3)13-22/h5,7,9,11-12,15H,4,6,8,10,13H2,1-3H3. The van der Waals surface area contributed by atoms with Gasteiger partial charge in [-0.2, -0.15) is 10.1 Å². The van der Waals surface area contributed by atoms with Crippen molar-refractivity contribution < 1.29 is 0 Å². The van der Waals surface area contributed by atoms with Crippen molar-refractivity contribution in [2.45, 2.75) is 33.6 Å². The molecule has 1 fully saturated rings. The molecule has 1 aromatic carbocycles. The zero-order valence-corrected chi connectivity index (χ0v) is 14.2. The van der Waals surface area contributed by atoms with Crippen molar-refractivity contribution in [1.29, 1.82) is 0 Å². The van der Waals surface area contributed by atoms with E-state index in [-0.39, 0.29) is 0 Å². The molecule has 2 heterocycles. The Morgan fingerprint density at radius 3 is 2.96 bits per heavy atom. The fourth-order valence-electron chi connectivity index (χ4n) is 3.19. The van der Waals surface area contributed by atoms with Crippen LogP contribution >= 0.6 is 0 Å². The second-order valence-electron chi connectivity index (χ2n) is 6.39. The fourth-order valence-corrected chi connectivity index (χ4v) is 3.19. The first kappa shape index (κ1) is 15.7. The minimum absolute atomic E-state index is 0.690. The van der Waals surface area contributed by atoms with Crippen LogP contribution in [0.5, 0.6) is 0 Å². The average Bonchev–Trinajstić information content (AvgIpc) is 2.56. The number of hydrogen-bond acceptors (Lipinski definition) is 5. The van der Waals surface area contributed by atoms with E-state index in [0.29, 0.717) is 5.92 Å².